The fourth-order valence-electron chi connectivity index (χ4n) is 1.44. The molecule has 1 fully saturated rings. The number of morpholine rings is 1. The number of nitrogens with zero attached hydrogens (tertiary/aromatic N) is 1. The fraction of sp³-hybridized carbons (Fsp3) is 0.400. The minimum Gasteiger partial charge on any atom is -1.00 e. The molecule has 2 heterocycles. The lowest BCUT2D eigenvalue weighted by Crippen LogP contribution is -3.00. The maximum atomic E-state index is 11.8. The number of carbonyl (C=O) groups is 1. The summed E-state index contributed by atoms with van der Waals surface area (Å²) in [7, 11) is 0. The molecule has 1 unspecified atom stereocenters. The molecule has 0 aromatic carbocycles. The molecule has 2 rings (SSSR count). The van der Waals surface area contributed by atoms with Crippen LogP contribution in [-0.2, 0) is 4.74 Å². The molecule has 1 aromatic heterocycles. The number of hydrogen-bond acceptors (Lipinski definition) is 3. The van der Waals surface area contributed by atoms with Crippen LogP contribution in [0.4, 0.5) is 0 Å². The first kappa shape index (κ1) is 12.1. The van der Waals surface area contributed by atoms with E-state index in [2.05, 4.69) is 5.32 Å². The van der Waals surface area contributed by atoms with Crippen molar-refractivity contribution < 1.29 is 26.5 Å². The Morgan fingerprint density at radius 1 is 1.33 bits per heavy atom. The maximum absolute atomic E-state index is 11.8. The van der Waals surface area contributed by atoms with Crippen LogP contribution in [0.3, 0.4) is 0 Å². The number of pyridine rings is 1. The topological polar surface area (TPSA) is 42.2 Å². The number of aromatic nitrogens is 1. The number of ether oxygens (including phenoxy) is 1. The molecule has 0 saturated carbocycles. The molecule has 1 aromatic rings. The molecule has 0 spiro atoms. The highest BCUT2D eigenvalue weighted by atomic mass is 35.5. The quantitative estimate of drug-likeness (QED) is 0.510. The van der Waals surface area contributed by atoms with Gasteiger partial charge in [0, 0.05) is 25.2 Å². The van der Waals surface area contributed by atoms with Crippen LogP contribution in [-0.4, -0.2) is 31.7 Å². The standard InChI is InChI=1S/C10H13N2O2.ClH/c13-10(9-8-11-4-7-14-9)12-5-2-1-3-6-12;/h1-3,5-6,9,11H,4,7-8H2;1H/q+1;/p-1. The van der Waals surface area contributed by atoms with Crippen LogP contribution in [0.15, 0.2) is 30.6 Å². The first-order valence-corrected chi connectivity index (χ1v) is 4.71. The summed E-state index contributed by atoms with van der Waals surface area (Å²) in [6.07, 6.45) is 3.12. The van der Waals surface area contributed by atoms with E-state index in [0.717, 1.165) is 6.54 Å². The SMILES string of the molecule is O=C(C1CNCCO1)[n+]1ccccc1.[Cl-]. The van der Waals surface area contributed by atoms with Crippen molar-refractivity contribution in [2.24, 2.45) is 0 Å². The molecular weight excluding hydrogens is 216 g/mol. The van der Waals surface area contributed by atoms with Crippen molar-refractivity contribution in [1.82, 2.24) is 5.32 Å². The van der Waals surface area contributed by atoms with Crippen molar-refractivity contribution in [3.8, 4) is 0 Å². The third kappa shape index (κ3) is 2.99. The van der Waals surface area contributed by atoms with Gasteiger partial charge in [-0.3, -0.25) is 0 Å². The molecule has 1 aliphatic heterocycles. The Morgan fingerprint density at radius 2 is 2.07 bits per heavy atom. The molecule has 0 amide bonds. The average Bonchev–Trinajstić information content (AvgIpc) is 2.30. The molecule has 0 aliphatic carbocycles. The zero-order valence-electron chi connectivity index (χ0n) is 8.23. The Labute approximate surface area is 94.7 Å². The summed E-state index contributed by atoms with van der Waals surface area (Å²) in [5.41, 5.74) is 0. The predicted molar refractivity (Wildman–Crippen MR) is 49.9 cm³/mol. The van der Waals surface area contributed by atoms with E-state index in [1.165, 1.54) is 0 Å². The highest BCUT2D eigenvalue weighted by Gasteiger charge is 2.29. The molecule has 15 heavy (non-hydrogen) atoms. The number of halogens is 1. The van der Waals surface area contributed by atoms with Gasteiger partial charge in [0.05, 0.1) is 6.61 Å². The van der Waals surface area contributed by atoms with E-state index < -0.39 is 0 Å². The number of nitrogens with one attached hydrogen (secondary N) is 1. The molecule has 0 radical (unpaired) electrons. The Balaban J connectivity index is 0.00000112. The van der Waals surface area contributed by atoms with Crippen molar-refractivity contribution in [2.45, 2.75) is 6.10 Å². The van der Waals surface area contributed by atoms with Gasteiger partial charge in [-0.05, 0) is 0 Å². The summed E-state index contributed by atoms with van der Waals surface area (Å²) < 4.78 is 6.91. The Bertz CT molecular complexity index is 312. The minimum atomic E-state index is -0.351. The zero-order valence-corrected chi connectivity index (χ0v) is 8.98. The third-order valence-electron chi connectivity index (χ3n) is 2.17. The second-order valence-electron chi connectivity index (χ2n) is 3.18. The van der Waals surface area contributed by atoms with Crippen LogP contribution in [0.25, 0.3) is 0 Å². The molecule has 5 heteroatoms. The Kier molecular flexibility index (Phi) is 4.68. The van der Waals surface area contributed by atoms with Crippen molar-refractivity contribution in [3.63, 3.8) is 0 Å². The van der Waals surface area contributed by atoms with Crippen LogP contribution in [0, 0.1) is 0 Å². The van der Waals surface area contributed by atoms with E-state index in [-0.39, 0.29) is 24.4 Å². The number of hydrogen-bond donors (Lipinski definition) is 1. The number of carbonyl (C=O) groups excluding carboxylic acids is 1. The van der Waals surface area contributed by atoms with Crippen molar-refractivity contribution >= 4 is 5.91 Å². The maximum Gasteiger partial charge on any atom is 0.422 e. The van der Waals surface area contributed by atoms with Gasteiger partial charge in [0.15, 0.2) is 18.5 Å². The molecule has 1 saturated heterocycles. The lowest BCUT2D eigenvalue weighted by Gasteiger charge is -2.18. The van der Waals surface area contributed by atoms with Gasteiger partial charge in [0.1, 0.15) is 0 Å². The van der Waals surface area contributed by atoms with Crippen molar-refractivity contribution in [3.05, 3.63) is 30.6 Å². The monoisotopic (exact) mass is 228 g/mol. The largest absolute Gasteiger partial charge is 1.00 e. The van der Waals surface area contributed by atoms with Gasteiger partial charge in [0.25, 0.3) is 0 Å². The molecule has 4 nitrogen and oxygen atoms in total. The van der Waals surface area contributed by atoms with Gasteiger partial charge < -0.3 is 22.5 Å². The molecule has 82 valence electrons. The third-order valence-corrected chi connectivity index (χ3v) is 2.17. The van der Waals surface area contributed by atoms with Crippen LogP contribution < -0.4 is 22.3 Å². The summed E-state index contributed by atoms with van der Waals surface area (Å²) in [5.74, 6) is -0.0159. The first-order chi connectivity index (χ1) is 6.88. The van der Waals surface area contributed by atoms with E-state index in [0.29, 0.717) is 13.2 Å². The van der Waals surface area contributed by atoms with E-state index in [4.69, 9.17) is 4.74 Å². The summed E-state index contributed by atoms with van der Waals surface area (Å²) in [6.45, 7) is 2.02. The van der Waals surface area contributed by atoms with E-state index >= 15 is 0 Å². The Morgan fingerprint density at radius 3 is 2.67 bits per heavy atom. The lowest BCUT2D eigenvalue weighted by molar-refractivity contribution is -0.578. The van der Waals surface area contributed by atoms with E-state index in [1.54, 1.807) is 17.0 Å². The summed E-state index contributed by atoms with van der Waals surface area (Å²) in [6, 6.07) is 5.53. The smallest absolute Gasteiger partial charge is 0.422 e. The van der Waals surface area contributed by atoms with Gasteiger partial charge in [-0.15, -0.1) is 4.57 Å². The van der Waals surface area contributed by atoms with Crippen molar-refractivity contribution in [1.29, 1.82) is 0 Å². The van der Waals surface area contributed by atoms with Crippen molar-refractivity contribution in [2.75, 3.05) is 19.7 Å². The number of rotatable bonds is 1. The van der Waals surface area contributed by atoms with E-state index in [9.17, 15) is 4.79 Å². The molecule has 1 aliphatic rings. The van der Waals surface area contributed by atoms with Gasteiger partial charge in [-0.25, -0.2) is 4.79 Å². The highest BCUT2D eigenvalue weighted by Crippen LogP contribution is 1.95. The zero-order chi connectivity index (χ0) is 9.80. The molecule has 1 atom stereocenters. The summed E-state index contributed by atoms with van der Waals surface area (Å²) in [5, 5.41) is 3.13. The second kappa shape index (κ2) is 5.80. The highest BCUT2D eigenvalue weighted by molar-refractivity contribution is 5.72. The van der Waals surface area contributed by atoms with Crippen LogP contribution in [0.5, 0.6) is 0 Å². The fourth-order valence-corrected chi connectivity index (χ4v) is 1.44. The molecular formula is C10H13ClN2O2. The Hall–Kier alpha value is -0.970. The minimum absolute atomic E-state index is 0. The predicted octanol–water partition coefficient (Wildman–Crippen LogP) is -3.39. The average molecular weight is 229 g/mol. The van der Waals surface area contributed by atoms with Crippen LogP contribution in [0.2, 0.25) is 0 Å². The lowest BCUT2D eigenvalue weighted by atomic mass is 10.3. The van der Waals surface area contributed by atoms with Gasteiger partial charge in [-0.2, -0.15) is 0 Å². The molecule has 1 N–H and O–H groups in total. The molecule has 0 bridgehead atoms. The second-order valence-corrected chi connectivity index (χ2v) is 3.18. The van der Waals surface area contributed by atoms with Gasteiger partial charge in [-0.1, -0.05) is 6.07 Å². The normalized spacial score (nSPS) is 20.4. The summed E-state index contributed by atoms with van der Waals surface area (Å²) >= 11 is 0. The van der Waals surface area contributed by atoms with Crippen LogP contribution in [0.1, 0.15) is 4.79 Å². The summed E-state index contributed by atoms with van der Waals surface area (Å²) in [4.78, 5) is 11.8. The van der Waals surface area contributed by atoms with Crippen LogP contribution >= 0.6 is 0 Å². The van der Waals surface area contributed by atoms with E-state index in [1.807, 2.05) is 18.2 Å². The first-order valence-electron chi connectivity index (χ1n) is 4.71. The van der Waals surface area contributed by atoms with Gasteiger partial charge in [0.2, 0.25) is 0 Å². The van der Waals surface area contributed by atoms with Gasteiger partial charge >= 0.3 is 5.91 Å².